The molecule has 0 unspecified atom stereocenters. The lowest BCUT2D eigenvalue weighted by Crippen LogP contribution is -2.21. The summed E-state index contributed by atoms with van der Waals surface area (Å²) in [5.41, 5.74) is 2.46. The van der Waals surface area contributed by atoms with E-state index in [0.29, 0.717) is 22.0 Å². The Morgan fingerprint density at radius 2 is 2.09 bits per heavy atom. The average Bonchev–Trinajstić information content (AvgIpc) is 2.71. The molecule has 7 heteroatoms. The van der Waals surface area contributed by atoms with E-state index >= 15 is 0 Å². The van der Waals surface area contributed by atoms with Crippen molar-refractivity contribution in [2.24, 2.45) is 7.05 Å². The third-order valence-electron chi connectivity index (χ3n) is 3.17. The lowest BCUT2D eigenvalue weighted by atomic mass is 10.2. The number of hydrogen-bond acceptors (Lipinski definition) is 4. The molecule has 1 N–H and O–H groups in total. The molecule has 116 valence electrons. The van der Waals surface area contributed by atoms with Crippen molar-refractivity contribution in [3.8, 4) is 0 Å². The summed E-state index contributed by atoms with van der Waals surface area (Å²) in [5.74, 6) is -1.02. The van der Waals surface area contributed by atoms with Crippen molar-refractivity contribution in [1.82, 2.24) is 9.78 Å². The zero-order valence-corrected chi connectivity index (χ0v) is 13.3. The molecule has 0 spiro atoms. The first kappa shape index (κ1) is 16.0. The number of anilines is 1. The highest BCUT2D eigenvalue weighted by atomic mass is 35.5. The van der Waals surface area contributed by atoms with E-state index in [-0.39, 0.29) is 6.61 Å². The normalized spacial score (nSPS) is 10.4. The van der Waals surface area contributed by atoms with Crippen LogP contribution in [-0.2, 0) is 16.6 Å². The number of carbonyl (C=O) groups excluding carboxylic acids is 2. The molecule has 0 atom stereocenters. The zero-order valence-electron chi connectivity index (χ0n) is 12.5. The number of amides is 1. The van der Waals surface area contributed by atoms with Crippen molar-refractivity contribution < 1.29 is 14.3 Å². The van der Waals surface area contributed by atoms with Crippen LogP contribution in [0.1, 0.15) is 21.7 Å². The van der Waals surface area contributed by atoms with Gasteiger partial charge in [0.1, 0.15) is 0 Å². The van der Waals surface area contributed by atoms with E-state index in [1.165, 1.54) is 6.07 Å². The van der Waals surface area contributed by atoms with Gasteiger partial charge >= 0.3 is 5.97 Å². The van der Waals surface area contributed by atoms with Crippen LogP contribution in [0.15, 0.2) is 24.3 Å². The van der Waals surface area contributed by atoms with Crippen LogP contribution in [0, 0.1) is 13.8 Å². The van der Waals surface area contributed by atoms with Gasteiger partial charge in [0.15, 0.2) is 6.61 Å². The Morgan fingerprint density at radius 1 is 1.36 bits per heavy atom. The quantitative estimate of drug-likeness (QED) is 0.878. The van der Waals surface area contributed by atoms with Crippen molar-refractivity contribution in [3.05, 3.63) is 46.2 Å². The molecule has 0 radical (unpaired) electrons. The molecule has 0 saturated heterocycles. The van der Waals surface area contributed by atoms with Crippen LogP contribution < -0.4 is 5.32 Å². The number of ether oxygens (including phenoxy) is 1. The van der Waals surface area contributed by atoms with Gasteiger partial charge in [0.25, 0.3) is 5.91 Å². The van der Waals surface area contributed by atoms with Crippen molar-refractivity contribution in [1.29, 1.82) is 0 Å². The molecule has 0 fully saturated rings. The van der Waals surface area contributed by atoms with E-state index in [1.54, 1.807) is 36.9 Å². The predicted octanol–water partition coefficient (Wildman–Crippen LogP) is 2.49. The molecule has 1 heterocycles. The summed E-state index contributed by atoms with van der Waals surface area (Å²) in [6, 6.07) is 6.35. The minimum atomic E-state index is -0.600. The molecule has 0 bridgehead atoms. The highest BCUT2D eigenvalue weighted by Crippen LogP contribution is 2.18. The summed E-state index contributed by atoms with van der Waals surface area (Å²) >= 11 is 5.80. The number of hydrogen-bond donors (Lipinski definition) is 1. The molecular weight excluding hydrogens is 306 g/mol. The van der Waals surface area contributed by atoms with Crippen LogP contribution in [0.4, 0.5) is 5.69 Å². The molecule has 0 saturated carbocycles. The smallest absolute Gasteiger partial charge is 0.338 e. The second-order valence-corrected chi connectivity index (χ2v) is 5.24. The maximum atomic E-state index is 11.9. The molecule has 2 aromatic rings. The van der Waals surface area contributed by atoms with E-state index in [4.69, 9.17) is 16.3 Å². The van der Waals surface area contributed by atoms with E-state index in [1.807, 2.05) is 6.92 Å². The monoisotopic (exact) mass is 321 g/mol. The number of halogens is 1. The largest absolute Gasteiger partial charge is 0.452 e. The fraction of sp³-hybridized carbons (Fsp3) is 0.267. The Bertz CT molecular complexity index is 725. The second-order valence-electron chi connectivity index (χ2n) is 4.80. The number of nitrogens with one attached hydrogen (secondary N) is 1. The van der Waals surface area contributed by atoms with Gasteiger partial charge in [0, 0.05) is 12.1 Å². The molecule has 1 aromatic carbocycles. The van der Waals surface area contributed by atoms with Crippen LogP contribution in [0.2, 0.25) is 5.02 Å². The van der Waals surface area contributed by atoms with Crippen LogP contribution in [0.5, 0.6) is 0 Å². The Hall–Kier alpha value is -2.34. The van der Waals surface area contributed by atoms with Gasteiger partial charge in [-0.2, -0.15) is 5.10 Å². The molecule has 0 aliphatic rings. The van der Waals surface area contributed by atoms with Gasteiger partial charge in [-0.3, -0.25) is 9.48 Å². The summed E-state index contributed by atoms with van der Waals surface area (Å²) in [6.45, 7) is 3.26. The number of carbonyl (C=O) groups is 2. The first-order chi connectivity index (χ1) is 10.4. The highest BCUT2D eigenvalue weighted by molar-refractivity contribution is 6.30. The Morgan fingerprint density at radius 3 is 2.68 bits per heavy atom. The molecular formula is C15H16ClN3O3. The van der Waals surface area contributed by atoms with E-state index in [2.05, 4.69) is 10.4 Å². The summed E-state index contributed by atoms with van der Waals surface area (Å²) in [5, 5.41) is 7.32. The van der Waals surface area contributed by atoms with Gasteiger partial charge in [0.05, 0.1) is 22.6 Å². The maximum Gasteiger partial charge on any atom is 0.338 e. The van der Waals surface area contributed by atoms with Crippen LogP contribution in [-0.4, -0.2) is 28.3 Å². The molecule has 22 heavy (non-hydrogen) atoms. The number of rotatable bonds is 4. The average molecular weight is 322 g/mol. The van der Waals surface area contributed by atoms with Crippen LogP contribution in [0.3, 0.4) is 0 Å². The fourth-order valence-electron chi connectivity index (χ4n) is 1.96. The molecule has 2 rings (SSSR count). The van der Waals surface area contributed by atoms with Gasteiger partial charge in [-0.25, -0.2) is 4.79 Å². The first-order valence-corrected chi connectivity index (χ1v) is 6.99. The Balaban J connectivity index is 1.94. The molecule has 0 aliphatic carbocycles. The Kier molecular flexibility index (Phi) is 4.82. The van der Waals surface area contributed by atoms with Gasteiger partial charge < -0.3 is 10.1 Å². The standard InChI is InChI=1S/C15H16ClN3O3/c1-9-14(10(2)19(3)18-9)17-13(20)8-22-15(21)11-5-4-6-12(16)7-11/h4-7H,8H2,1-3H3,(H,17,20). The van der Waals surface area contributed by atoms with Crippen molar-refractivity contribution in [2.45, 2.75) is 13.8 Å². The van der Waals surface area contributed by atoms with E-state index in [9.17, 15) is 9.59 Å². The minimum Gasteiger partial charge on any atom is -0.452 e. The van der Waals surface area contributed by atoms with Gasteiger partial charge in [-0.05, 0) is 32.0 Å². The summed E-state index contributed by atoms with van der Waals surface area (Å²) in [4.78, 5) is 23.7. The van der Waals surface area contributed by atoms with Crippen LogP contribution in [0.25, 0.3) is 0 Å². The lowest BCUT2D eigenvalue weighted by molar-refractivity contribution is -0.119. The summed E-state index contributed by atoms with van der Waals surface area (Å²) < 4.78 is 6.64. The molecule has 6 nitrogen and oxygen atoms in total. The topological polar surface area (TPSA) is 73.2 Å². The van der Waals surface area contributed by atoms with Gasteiger partial charge in [-0.15, -0.1) is 0 Å². The van der Waals surface area contributed by atoms with Crippen molar-refractivity contribution in [3.63, 3.8) is 0 Å². The molecule has 1 amide bonds. The number of benzene rings is 1. The fourth-order valence-corrected chi connectivity index (χ4v) is 2.15. The third kappa shape index (κ3) is 3.65. The predicted molar refractivity (Wildman–Crippen MR) is 83.0 cm³/mol. The molecule has 0 aliphatic heterocycles. The second kappa shape index (κ2) is 6.62. The Labute approximate surface area is 133 Å². The van der Waals surface area contributed by atoms with Crippen LogP contribution >= 0.6 is 11.6 Å². The summed E-state index contributed by atoms with van der Waals surface area (Å²) in [7, 11) is 1.79. The number of nitrogens with zero attached hydrogens (tertiary/aromatic N) is 2. The lowest BCUT2D eigenvalue weighted by Gasteiger charge is -2.07. The number of aryl methyl sites for hydroxylation is 2. The molecule has 1 aromatic heterocycles. The van der Waals surface area contributed by atoms with Crippen molar-refractivity contribution >= 4 is 29.2 Å². The van der Waals surface area contributed by atoms with E-state index in [0.717, 1.165) is 5.69 Å². The number of esters is 1. The number of aromatic nitrogens is 2. The first-order valence-electron chi connectivity index (χ1n) is 6.61. The van der Waals surface area contributed by atoms with Crippen molar-refractivity contribution in [2.75, 3.05) is 11.9 Å². The summed E-state index contributed by atoms with van der Waals surface area (Å²) in [6.07, 6.45) is 0. The van der Waals surface area contributed by atoms with Gasteiger partial charge in [0.2, 0.25) is 0 Å². The SMILES string of the molecule is Cc1nn(C)c(C)c1NC(=O)COC(=O)c1cccc(Cl)c1. The zero-order chi connectivity index (χ0) is 16.3. The van der Waals surface area contributed by atoms with E-state index < -0.39 is 11.9 Å². The highest BCUT2D eigenvalue weighted by Gasteiger charge is 2.14. The van der Waals surface area contributed by atoms with Gasteiger partial charge in [-0.1, -0.05) is 17.7 Å². The minimum absolute atomic E-state index is 0.300. The third-order valence-corrected chi connectivity index (χ3v) is 3.40. The maximum absolute atomic E-state index is 11.9.